The Kier molecular flexibility index (Phi) is 4.11. The van der Waals surface area contributed by atoms with Gasteiger partial charge in [-0.25, -0.2) is 9.97 Å². The third-order valence-corrected chi connectivity index (χ3v) is 3.98. The third kappa shape index (κ3) is 3.42. The van der Waals surface area contributed by atoms with Crippen LogP contribution in [0.15, 0.2) is 72.8 Å². The minimum absolute atomic E-state index is 0.712. The van der Waals surface area contributed by atoms with Gasteiger partial charge in [0.25, 0.3) is 0 Å². The van der Waals surface area contributed by atoms with E-state index in [1.54, 1.807) is 0 Å². The van der Waals surface area contributed by atoms with E-state index in [0.29, 0.717) is 5.69 Å². The van der Waals surface area contributed by atoms with Crippen LogP contribution in [-0.4, -0.2) is 9.97 Å². The summed E-state index contributed by atoms with van der Waals surface area (Å²) in [5, 5.41) is 3.32. The van der Waals surface area contributed by atoms with Gasteiger partial charge in [0, 0.05) is 11.4 Å². The zero-order valence-electron chi connectivity index (χ0n) is 14.3. The third-order valence-electron chi connectivity index (χ3n) is 3.98. The van der Waals surface area contributed by atoms with Gasteiger partial charge in [-0.2, -0.15) is 0 Å². The number of anilines is 3. The summed E-state index contributed by atoms with van der Waals surface area (Å²) in [6, 6.07) is 22.8. The minimum atomic E-state index is 0.712. The number of nitrogens with zero attached hydrogens (tertiary/aromatic N) is 2. The first kappa shape index (κ1) is 15.9. The van der Waals surface area contributed by atoms with Crippen LogP contribution in [0, 0.1) is 6.92 Å². The smallest absolute Gasteiger partial charge is 0.152 e. The van der Waals surface area contributed by atoms with Crippen LogP contribution in [0.25, 0.3) is 11.0 Å². The molecule has 0 spiro atoms. The molecule has 128 valence electrons. The van der Waals surface area contributed by atoms with Crippen LogP contribution in [0.4, 0.5) is 17.2 Å². The molecule has 5 heteroatoms. The van der Waals surface area contributed by atoms with E-state index < -0.39 is 0 Å². The second-order valence-electron chi connectivity index (χ2n) is 5.97. The van der Waals surface area contributed by atoms with Crippen molar-refractivity contribution in [3.63, 3.8) is 0 Å². The van der Waals surface area contributed by atoms with Crippen LogP contribution in [0.2, 0.25) is 0 Å². The zero-order chi connectivity index (χ0) is 17.9. The first-order chi connectivity index (χ1) is 12.7. The Hall–Kier alpha value is -3.60. The van der Waals surface area contributed by atoms with E-state index in [9.17, 15) is 0 Å². The molecule has 0 aliphatic rings. The molecule has 4 aromatic rings. The number of hydrogen-bond donors (Lipinski definition) is 2. The zero-order valence-corrected chi connectivity index (χ0v) is 14.3. The Labute approximate surface area is 151 Å². The van der Waals surface area contributed by atoms with Gasteiger partial charge >= 0.3 is 0 Å². The van der Waals surface area contributed by atoms with E-state index in [1.807, 2.05) is 79.7 Å². The molecule has 0 atom stereocenters. The topological polar surface area (TPSA) is 73.1 Å². The first-order valence-corrected chi connectivity index (χ1v) is 8.31. The number of nitrogens with one attached hydrogen (secondary N) is 1. The fraction of sp³-hybridized carbons (Fsp3) is 0.0476. The standard InChI is InChI=1S/C21H18N4O/c1-14-21(25-20-5-3-2-4-19(20)23-14)24-16-8-12-18(13-9-16)26-17-10-6-15(22)7-11-17/h2-13H,22H2,1H3,(H,24,25). The average Bonchev–Trinajstić information content (AvgIpc) is 2.66. The number of para-hydroxylation sites is 2. The van der Waals surface area contributed by atoms with Crippen molar-refractivity contribution in [1.29, 1.82) is 0 Å². The maximum Gasteiger partial charge on any atom is 0.152 e. The SMILES string of the molecule is Cc1nc2ccccc2nc1Nc1ccc(Oc2ccc(N)cc2)cc1. The lowest BCUT2D eigenvalue weighted by Crippen LogP contribution is -1.99. The highest BCUT2D eigenvalue weighted by molar-refractivity contribution is 5.77. The number of benzene rings is 3. The van der Waals surface area contributed by atoms with Gasteiger partial charge in [-0.3, -0.25) is 0 Å². The molecule has 0 fully saturated rings. The molecule has 26 heavy (non-hydrogen) atoms. The van der Waals surface area contributed by atoms with Gasteiger partial charge in [-0.15, -0.1) is 0 Å². The van der Waals surface area contributed by atoms with Crippen LogP contribution in [0.1, 0.15) is 5.69 Å². The molecular weight excluding hydrogens is 324 g/mol. The summed E-state index contributed by atoms with van der Waals surface area (Å²) in [5.41, 5.74) is 9.92. The quantitative estimate of drug-likeness (QED) is 0.507. The van der Waals surface area contributed by atoms with Crippen molar-refractivity contribution in [2.45, 2.75) is 6.92 Å². The maximum absolute atomic E-state index is 5.81. The Morgan fingerprint density at radius 3 is 2.00 bits per heavy atom. The van der Waals surface area contributed by atoms with Crippen molar-refractivity contribution in [2.24, 2.45) is 0 Å². The Bertz CT molecular complexity index is 1040. The molecule has 0 amide bonds. The van der Waals surface area contributed by atoms with Gasteiger partial charge in [-0.05, 0) is 67.6 Å². The molecule has 0 unspecified atom stereocenters. The minimum Gasteiger partial charge on any atom is -0.457 e. The fourth-order valence-corrected chi connectivity index (χ4v) is 2.62. The van der Waals surface area contributed by atoms with Crippen LogP contribution in [0.5, 0.6) is 11.5 Å². The molecule has 0 bridgehead atoms. The molecule has 0 aliphatic carbocycles. The Morgan fingerprint density at radius 2 is 1.35 bits per heavy atom. The summed E-state index contributed by atoms with van der Waals surface area (Å²) >= 11 is 0. The number of hydrogen-bond acceptors (Lipinski definition) is 5. The van der Waals surface area contributed by atoms with Crippen molar-refractivity contribution in [3.8, 4) is 11.5 Å². The lowest BCUT2D eigenvalue weighted by Gasteiger charge is -2.11. The summed E-state index contributed by atoms with van der Waals surface area (Å²) in [7, 11) is 0. The van der Waals surface area contributed by atoms with E-state index in [0.717, 1.165) is 39.7 Å². The maximum atomic E-state index is 5.81. The molecule has 1 heterocycles. The summed E-state index contributed by atoms with van der Waals surface area (Å²) in [6.45, 7) is 1.94. The Balaban J connectivity index is 1.52. The normalized spacial score (nSPS) is 10.7. The van der Waals surface area contributed by atoms with Gasteiger partial charge in [-0.1, -0.05) is 12.1 Å². The molecule has 3 N–H and O–H groups in total. The summed E-state index contributed by atoms with van der Waals surface area (Å²) in [4.78, 5) is 9.24. The number of nitrogen functional groups attached to an aromatic ring is 1. The monoisotopic (exact) mass is 342 g/mol. The second-order valence-corrected chi connectivity index (χ2v) is 5.97. The molecule has 0 saturated heterocycles. The van der Waals surface area contributed by atoms with Crippen LogP contribution in [-0.2, 0) is 0 Å². The van der Waals surface area contributed by atoms with E-state index >= 15 is 0 Å². The predicted molar refractivity (Wildman–Crippen MR) is 105 cm³/mol. The molecule has 3 aromatic carbocycles. The number of nitrogens with two attached hydrogens (primary N) is 1. The summed E-state index contributed by atoms with van der Waals surface area (Å²) in [5.74, 6) is 2.24. The van der Waals surface area contributed by atoms with E-state index in [-0.39, 0.29) is 0 Å². The van der Waals surface area contributed by atoms with Crippen molar-refractivity contribution in [3.05, 3.63) is 78.5 Å². The van der Waals surface area contributed by atoms with Crippen molar-refractivity contribution >= 4 is 28.2 Å². The molecule has 5 nitrogen and oxygen atoms in total. The number of fused-ring (bicyclic) bond motifs is 1. The van der Waals surface area contributed by atoms with Crippen LogP contribution < -0.4 is 15.8 Å². The highest BCUT2D eigenvalue weighted by Crippen LogP contribution is 2.26. The number of ether oxygens (including phenoxy) is 1. The van der Waals surface area contributed by atoms with E-state index in [2.05, 4.69) is 15.3 Å². The van der Waals surface area contributed by atoms with Gasteiger partial charge in [0.15, 0.2) is 5.82 Å². The predicted octanol–water partition coefficient (Wildman–Crippen LogP) is 5.06. The number of rotatable bonds is 4. The van der Waals surface area contributed by atoms with Crippen LogP contribution in [0.3, 0.4) is 0 Å². The van der Waals surface area contributed by atoms with E-state index in [4.69, 9.17) is 10.5 Å². The molecule has 1 aromatic heterocycles. The van der Waals surface area contributed by atoms with Crippen molar-refractivity contribution in [1.82, 2.24) is 9.97 Å². The lowest BCUT2D eigenvalue weighted by molar-refractivity contribution is 0.483. The molecule has 0 radical (unpaired) electrons. The Morgan fingerprint density at radius 1 is 0.769 bits per heavy atom. The summed E-state index contributed by atoms with van der Waals surface area (Å²) in [6.07, 6.45) is 0. The summed E-state index contributed by atoms with van der Waals surface area (Å²) < 4.78 is 5.81. The lowest BCUT2D eigenvalue weighted by atomic mass is 10.2. The van der Waals surface area contributed by atoms with Crippen molar-refractivity contribution in [2.75, 3.05) is 11.1 Å². The van der Waals surface area contributed by atoms with Gasteiger partial charge < -0.3 is 15.8 Å². The molecule has 0 aliphatic heterocycles. The first-order valence-electron chi connectivity index (χ1n) is 8.31. The molecular formula is C21H18N4O. The van der Waals surface area contributed by atoms with E-state index in [1.165, 1.54) is 0 Å². The van der Waals surface area contributed by atoms with Gasteiger partial charge in [0.05, 0.1) is 16.7 Å². The van der Waals surface area contributed by atoms with Crippen molar-refractivity contribution < 1.29 is 4.74 Å². The van der Waals surface area contributed by atoms with Crippen LogP contribution >= 0.6 is 0 Å². The largest absolute Gasteiger partial charge is 0.457 e. The average molecular weight is 342 g/mol. The number of aromatic nitrogens is 2. The molecule has 0 saturated carbocycles. The second kappa shape index (κ2) is 6.72. The highest BCUT2D eigenvalue weighted by atomic mass is 16.5. The fourth-order valence-electron chi connectivity index (χ4n) is 2.62. The van der Waals surface area contributed by atoms with Gasteiger partial charge in [0.2, 0.25) is 0 Å². The number of aryl methyl sites for hydroxylation is 1. The molecule has 4 rings (SSSR count). The van der Waals surface area contributed by atoms with Gasteiger partial charge in [0.1, 0.15) is 11.5 Å². The highest BCUT2D eigenvalue weighted by Gasteiger charge is 2.06.